The second kappa shape index (κ2) is 8.16. The summed E-state index contributed by atoms with van der Waals surface area (Å²) in [5.41, 5.74) is 4.39. The maximum absolute atomic E-state index is 12.5. The molecule has 1 unspecified atom stereocenters. The number of nitrogens with one attached hydrogen (secondary N) is 1. The topological polar surface area (TPSA) is 64.4 Å². The Kier molecular flexibility index (Phi) is 7.52. The normalized spacial score (nSPS) is 13.2. The molecule has 0 aliphatic carbocycles. The van der Waals surface area contributed by atoms with Gasteiger partial charge >= 0.3 is 12.5 Å². The van der Waals surface area contributed by atoms with Crippen molar-refractivity contribution in [3.05, 3.63) is 35.4 Å². The Bertz CT molecular complexity index is 516. The zero-order chi connectivity index (χ0) is 17.0. The molecule has 0 saturated heterocycles. The molecule has 0 aliphatic heterocycles. The van der Waals surface area contributed by atoms with Gasteiger partial charge in [0.05, 0.1) is 12.2 Å². The zero-order valence-electron chi connectivity index (χ0n) is 11.0. The first-order valence-electron chi connectivity index (χ1n) is 5.92. The second-order valence-corrected chi connectivity index (χ2v) is 4.19. The molecule has 0 heterocycles. The van der Waals surface area contributed by atoms with Crippen molar-refractivity contribution in [3.8, 4) is 0 Å². The van der Waals surface area contributed by atoms with Crippen molar-refractivity contribution in [2.75, 3.05) is 13.2 Å². The molecule has 23 heavy (non-hydrogen) atoms. The molecule has 3 N–H and O–H groups in total. The summed E-state index contributed by atoms with van der Waals surface area (Å²) >= 11 is 0. The van der Waals surface area contributed by atoms with Crippen LogP contribution in [0.4, 0.5) is 26.3 Å². The van der Waals surface area contributed by atoms with Crippen molar-refractivity contribution >= 4 is 5.91 Å². The van der Waals surface area contributed by atoms with Crippen LogP contribution in [0, 0.1) is 0 Å². The van der Waals surface area contributed by atoms with E-state index in [1.165, 1.54) is 6.07 Å². The third-order valence-corrected chi connectivity index (χ3v) is 2.52. The molecular formula is C13H16F6N2O2. The largest absolute Gasteiger partial charge is 0.522 e. The molecule has 4 nitrogen and oxygen atoms in total. The number of hydrogen-bond donors (Lipinski definition) is 2. The van der Waals surface area contributed by atoms with E-state index in [0.717, 1.165) is 12.1 Å². The molecule has 0 fully saturated rings. The van der Waals surface area contributed by atoms with Crippen LogP contribution in [-0.2, 0) is 15.7 Å². The summed E-state index contributed by atoms with van der Waals surface area (Å²) in [5.74, 6) is -0.912. The minimum absolute atomic E-state index is 0. The lowest BCUT2D eigenvalue weighted by molar-refractivity contribution is -0.323. The van der Waals surface area contributed by atoms with Gasteiger partial charge in [0.25, 0.3) is 0 Å². The van der Waals surface area contributed by atoms with Gasteiger partial charge in [0.15, 0.2) is 0 Å². The van der Waals surface area contributed by atoms with Gasteiger partial charge in [0.1, 0.15) is 6.04 Å². The SMILES string of the molecule is C.NC(C(=O)NCCOC(F)(F)F)c1cccc(C(F)(F)F)c1. The molecule has 0 spiro atoms. The van der Waals surface area contributed by atoms with Gasteiger partial charge in [-0.25, -0.2) is 0 Å². The lowest BCUT2D eigenvalue weighted by Crippen LogP contribution is -2.36. The van der Waals surface area contributed by atoms with E-state index in [1.54, 1.807) is 0 Å². The molecule has 0 aromatic heterocycles. The van der Waals surface area contributed by atoms with Crippen molar-refractivity contribution in [3.63, 3.8) is 0 Å². The average Bonchev–Trinajstić information content (AvgIpc) is 2.40. The summed E-state index contributed by atoms with van der Waals surface area (Å²) in [6, 6.07) is 2.37. The lowest BCUT2D eigenvalue weighted by atomic mass is 10.0. The van der Waals surface area contributed by atoms with Gasteiger partial charge in [-0.3, -0.25) is 9.53 Å². The fourth-order valence-electron chi connectivity index (χ4n) is 1.51. The molecule has 0 radical (unpaired) electrons. The number of rotatable bonds is 5. The van der Waals surface area contributed by atoms with Gasteiger partial charge in [-0.2, -0.15) is 13.2 Å². The molecule has 0 bridgehead atoms. The summed E-state index contributed by atoms with van der Waals surface area (Å²) in [6.45, 7) is -1.31. The molecular weight excluding hydrogens is 330 g/mol. The summed E-state index contributed by atoms with van der Waals surface area (Å²) < 4.78 is 76.1. The van der Waals surface area contributed by atoms with E-state index < -0.39 is 43.2 Å². The minimum Gasteiger partial charge on any atom is -0.352 e. The number of alkyl halides is 6. The van der Waals surface area contributed by atoms with Gasteiger partial charge in [0.2, 0.25) is 5.91 Å². The van der Waals surface area contributed by atoms with Crippen LogP contribution in [0.5, 0.6) is 0 Å². The molecule has 1 atom stereocenters. The molecule has 10 heteroatoms. The predicted octanol–water partition coefficient (Wildman–Crippen LogP) is 2.99. The van der Waals surface area contributed by atoms with Crippen molar-refractivity contribution in [1.29, 1.82) is 0 Å². The van der Waals surface area contributed by atoms with E-state index in [4.69, 9.17) is 5.73 Å². The first-order valence-corrected chi connectivity index (χ1v) is 5.92. The van der Waals surface area contributed by atoms with Crippen molar-refractivity contribution in [2.24, 2.45) is 5.73 Å². The Morgan fingerprint density at radius 3 is 2.35 bits per heavy atom. The minimum atomic E-state index is -4.83. The van der Waals surface area contributed by atoms with Gasteiger partial charge < -0.3 is 11.1 Å². The number of halogens is 6. The summed E-state index contributed by atoms with van der Waals surface area (Å²) in [6.07, 6.45) is -9.42. The fourth-order valence-corrected chi connectivity index (χ4v) is 1.51. The lowest BCUT2D eigenvalue weighted by Gasteiger charge is -2.15. The number of ether oxygens (including phenoxy) is 1. The van der Waals surface area contributed by atoms with E-state index >= 15 is 0 Å². The second-order valence-electron chi connectivity index (χ2n) is 4.19. The molecule has 0 saturated carbocycles. The maximum atomic E-state index is 12.5. The molecule has 132 valence electrons. The highest BCUT2D eigenvalue weighted by atomic mass is 19.4. The fraction of sp³-hybridized carbons (Fsp3) is 0.462. The van der Waals surface area contributed by atoms with Crippen LogP contribution >= 0.6 is 0 Å². The third-order valence-electron chi connectivity index (χ3n) is 2.52. The molecule has 0 aliphatic rings. The number of carbonyl (C=O) groups excluding carboxylic acids is 1. The first kappa shape index (κ1) is 21.2. The van der Waals surface area contributed by atoms with Crippen LogP contribution in [0.3, 0.4) is 0 Å². The van der Waals surface area contributed by atoms with Gasteiger partial charge in [-0.15, -0.1) is 13.2 Å². The van der Waals surface area contributed by atoms with Crippen molar-refractivity contribution in [2.45, 2.75) is 26.0 Å². The molecule has 1 aromatic carbocycles. The quantitative estimate of drug-likeness (QED) is 0.636. The summed E-state index contributed by atoms with van der Waals surface area (Å²) in [7, 11) is 0. The first-order chi connectivity index (χ1) is 10.0. The molecule has 1 aromatic rings. The van der Waals surface area contributed by atoms with Crippen LogP contribution in [0.1, 0.15) is 24.6 Å². The Morgan fingerprint density at radius 1 is 1.22 bits per heavy atom. The molecule has 1 rings (SSSR count). The maximum Gasteiger partial charge on any atom is 0.522 e. The third kappa shape index (κ3) is 7.33. The van der Waals surface area contributed by atoms with Crippen LogP contribution in [0.15, 0.2) is 24.3 Å². The number of amides is 1. The van der Waals surface area contributed by atoms with Crippen LogP contribution < -0.4 is 11.1 Å². The van der Waals surface area contributed by atoms with E-state index in [9.17, 15) is 31.1 Å². The highest BCUT2D eigenvalue weighted by Gasteiger charge is 2.31. The van der Waals surface area contributed by atoms with E-state index in [2.05, 4.69) is 4.74 Å². The Hall–Kier alpha value is -1.81. The van der Waals surface area contributed by atoms with Gasteiger partial charge in [-0.1, -0.05) is 19.6 Å². The molecule has 1 amide bonds. The van der Waals surface area contributed by atoms with Crippen LogP contribution in [-0.4, -0.2) is 25.4 Å². The van der Waals surface area contributed by atoms with E-state index in [-0.39, 0.29) is 13.0 Å². The van der Waals surface area contributed by atoms with Gasteiger partial charge in [0, 0.05) is 6.54 Å². The predicted molar refractivity (Wildman–Crippen MR) is 70.1 cm³/mol. The highest BCUT2D eigenvalue weighted by molar-refractivity contribution is 5.82. The highest BCUT2D eigenvalue weighted by Crippen LogP contribution is 2.30. The Morgan fingerprint density at radius 2 is 1.83 bits per heavy atom. The smallest absolute Gasteiger partial charge is 0.352 e. The van der Waals surface area contributed by atoms with Crippen LogP contribution in [0.25, 0.3) is 0 Å². The summed E-state index contributed by atoms with van der Waals surface area (Å²) in [4.78, 5) is 11.6. The van der Waals surface area contributed by atoms with Crippen molar-refractivity contribution < 1.29 is 35.9 Å². The number of carbonyl (C=O) groups is 1. The average molecular weight is 346 g/mol. The number of nitrogens with two attached hydrogens (primary N) is 1. The number of benzene rings is 1. The van der Waals surface area contributed by atoms with Gasteiger partial charge in [-0.05, 0) is 17.7 Å². The number of hydrogen-bond acceptors (Lipinski definition) is 3. The standard InChI is InChI=1S/C12H12F6N2O2.CH4/c13-11(14,15)8-3-1-2-7(6-8)9(19)10(21)20-4-5-22-12(16,17)18;/h1-3,6,9H,4-5,19H2,(H,20,21);1H4. The van der Waals surface area contributed by atoms with Crippen molar-refractivity contribution in [1.82, 2.24) is 5.32 Å². The van der Waals surface area contributed by atoms with Crippen LogP contribution in [0.2, 0.25) is 0 Å². The Balaban J connectivity index is 0.00000484. The van der Waals surface area contributed by atoms with E-state index in [0.29, 0.717) is 6.07 Å². The zero-order valence-corrected chi connectivity index (χ0v) is 11.0. The van der Waals surface area contributed by atoms with E-state index in [1.807, 2.05) is 5.32 Å². The monoisotopic (exact) mass is 346 g/mol. The Labute approximate surface area is 128 Å². The summed E-state index contributed by atoms with van der Waals surface area (Å²) in [5, 5.41) is 2.04.